The van der Waals surface area contributed by atoms with Crippen LogP contribution in [0.25, 0.3) is 0 Å². The Morgan fingerprint density at radius 3 is 2.56 bits per heavy atom. The summed E-state index contributed by atoms with van der Waals surface area (Å²) in [5.74, 6) is -6.56. The first-order chi connectivity index (χ1) is 11.7. The van der Waals surface area contributed by atoms with E-state index in [0.29, 0.717) is 6.07 Å². The summed E-state index contributed by atoms with van der Waals surface area (Å²) >= 11 is 0. The van der Waals surface area contributed by atoms with E-state index in [1.807, 2.05) is 0 Å². The highest BCUT2D eigenvalue weighted by atomic mass is 19.3. The van der Waals surface area contributed by atoms with Gasteiger partial charge in [-0.25, -0.2) is 22.8 Å². The molecule has 1 saturated carbocycles. The van der Waals surface area contributed by atoms with Crippen LogP contribution in [0.5, 0.6) is 5.75 Å². The van der Waals surface area contributed by atoms with Crippen LogP contribution < -0.4 is 4.74 Å². The van der Waals surface area contributed by atoms with Crippen LogP contribution >= 0.6 is 0 Å². The number of ether oxygens (including phenoxy) is 1. The van der Waals surface area contributed by atoms with Gasteiger partial charge in [-0.2, -0.15) is 13.9 Å². The molecule has 1 atom stereocenters. The van der Waals surface area contributed by atoms with Crippen LogP contribution in [0.15, 0.2) is 30.9 Å². The SMILES string of the molecule is OC(Cn1cncn1)(c1ccc(OC(F)F)cc1F)C(F)(F)C1CC1. The van der Waals surface area contributed by atoms with Crippen molar-refractivity contribution in [1.29, 1.82) is 0 Å². The lowest BCUT2D eigenvalue weighted by Gasteiger charge is -2.36. The highest BCUT2D eigenvalue weighted by Gasteiger charge is 2.62. The van der Waals surface area contributed by atoms with Crippen LogP contribution in [0.1, 0.15) is 18.4 Å². The summed E-state index contributed by atoms with van der Waals surface area (Å²) < 4.78 is 73.4. The van der Waals surface area contributed by atoms with E-state index < -0.39 is 47.7 Å². The van der Waals surface area contributed by atoms with E-state index in [1.54, 1.807) is 0 Å². The maximum absolute atomic E-state index is 14.8. The molecule has 0 amide bonds. The zero-order valence-corrected chi connectivity index (χ0v) is 12.7. The van der Waals surface area contributed by atoms with Crippen molar-refractivity contribution in [1.82, 2.24) is 14.8 Å². The van der Waals surface area contributed by atoms with Gasteiger partial charge >= 0.3 is 6.61 Å². The Kier molecular flexibility index (Phi) is 4.40. The third kappa shape index (κ3) is 3.30. The van der Waals surface area contributed by atoms with Crippen molar-refractivity contribution in [3.8, 4) is 5.75 Å². The van der Waals surface area contributed by atoms with Crippen LogP contribution in [0.4, 0.5) is 22.0 Å². The van der Waals surface area contributed by atoms with E-state index in [1.165, 1.54) is 0 Å². The van der Waals surface area contributed by atoms with Gasteiger partial charge in [0.05, 0.1) is 6.54 Å². The molecule has 1 aromatic heterocycles. The topological polar surface area (TPSA) is 60.2 Å². The monoisotopic (exact) mass is 363 g/mol. The second-order valence-corrected chi connectivity index (χ2v) is 5.87. The van der Waals surface area contributed by atoms with Gasteiger partial charge in [-0.15, -0.1) is 0 Å². The summed E-state index contributed by atoms with van der Waals surface area (Å²) in [7, 11) is 0. The standard InChI is InChI=1S/C15H14F5N3O2/c16-12-5-10(25-13(17)18)3-4-11(12)14(24,6-23-8-21-7-22-23)15(19,20)9-1-2-9/h3-5,7-9,13,24H,1-2,6H2. The molecule has 1 unspecified atom stereocenters. The fraction of sp³-hybridized carbons (Fsp3) is 0.467. The van der Waals surface area contributed by atoms with Crippen molar-refractivity contribution in [2.24, 2.45) is 5.92 Å². The molecule has 136 valence electrons. The molecule has 1 aliphatic rings. The maximum atomic E-state index is 14.8. The van der Waals surface area contributed by atoms with Crippen molar-refractivity contribution >= 4 is 0 Å². The minimum absolute atomic E-state index is 0.195. The van der Waals surface area contributed by atoms with Gasteiger partial charge < -0.3 is 9.84 Å². The number of nitrogens with zero attached hydrogens (tertiary/aromatic N) is 3. The van der Waals surface area contributed by atoms with Crippen LogP contribution in [0.2, 0.25) is 0 Å². The number of hydrogen-bond donors (Lipinski definition) is 1. The molecule has 0 saturated heterocycles. The number of aliphatic hydroxyl groups is 1. The first-order valence-electron chi connectivity index (χ1n) is 7.41. The van der Waals surface area contributed by atoms with Gasteiger partial charge in [0.2, 0.25) is 0 Å². The van der Waals surface area contributed by atoms with E-state index in [-0.39, 0.29) is 12.8 Å². The summed E-state index contributed by atoms with van der Waals surface area (Å²) in [6.07, 6.45) is 2.59. The van der Waals surface area contributed by atoms with Gasteiger partial charge in [-0.05, 0) is 25.0 Å². The Morgan fingerprint density at radius 1 is 1.32 bits per heavy atom. The zero-order chi connectivity index (χ0) is 18.2. The number of alkyl halides is 4. The molecule has 5 nitrogen and oxygen atoms in total. The number of hydrogen-bond acceptors (Lipinski definition) is 4. The molecule has 25 heavy (non-hydrogen) atoms. The summed E-state index contributed by atoms with van der Waals surface area (Å²) in [5.41, 5.74) is -3.64. The highest BCUT2D eigenvalue weighted by molar-refractivity contribution is 5.34. The van der Waals surface area contributed by atoms with Gasteiger partial charge in [-0.3, -0.25) is 0 Å². The van der Waals surface area contributed by atoms with Crippen molar-refractivity contribution in [2.45, 2.75) is 37.5 Å². The van der Waals surface area contributed by atoms with E-state index >= 15 is 0 Å². The molecule has 1 fully saturated rings. The Morgan fingerprint density at radius 2 is 2.04 bits per heavy atom. The number of benzene rings is 1. The molecule has 1 N–H and O–H groups in total. The van der Waals surface area contributed by atoms with Crippen LogP contribution in [-0.2, 0) is 12.1 Å². The molecular formula is C15H14F5N3O2. The molecule has 10 heteroatoms. The van der Waals surface area contributed by atoms with Crippen LogP contribution in [0.3, 0.4) is 0 Å². The molecule has 0 aliphatic heterocycles. The minimum atomic E-state index is -3.65. The molecule has 2 aromatic rings. The molecule has 1 aromatic carbocycles. The minimum Gasteiger partial charge on any atom is -0.435 e. The summed E-state index contributed by atoms with van der Waals surface area (Å²) in [6.45, 7) is -3.94. The van der Waals surface area contributed by atoms with E-state index in [9.17, 15) is 27.1 Å². The molecular weight excluding hydrogens is 349 g/mol. The number of aromatic nitrogens is 3. The third-order valence-electron chi connectivity index (χ3n) is 4.11. The smallest absolute Gasteiger partial charge is 0.387 e. The van der Waals surface area contributed by atoms with E-state index in [0.717, 1.165) is 29.5 Å². The zero-order valence-electron chi connectivity index (χ0n) is 12.7. The Bertz CT molecular complexity index is 737. The molecule has 1 heterocycles. The van der Waals surface area contributed by atoms with Gasteiger partial charge in [0, 0.05) is 17.5 Å². The fourth-order valence-corrected chi connectivity index (χ4v) is 2.71. The van der Waals surface area contributed by atoms with Crippen molar-refractivity contribution in [3.05, 3.63) is 42.2 Å². The Hall–Kier alpha value is -2.23. The average Bonchev–Trinajstić information content (AvgIpc) is 3.26. The number of halogens is 5. The maximum Gasteiger partial charge on any atom is 0.387 e. The predicted octanol–water partition coefficient (Wildman–Crippen LogP) is 2.95. The predicted molar refractivity (Wildman–Crippen MR) is 74.6 cm³/mol. The van der Waals surface area contributed by atoms with Crippen LogP contribution in [-0.4, -0.2) is 32.4 Å². The largest absolute Gasteiger partial charge is 0.435 e. The summed E-state index contributed by atoms with van der Waals surface area (Å²) in [5, 5.41) is 14.5. The van der Waals surface area contributed by atoms with Gasteiger partial charge in [0.25, 0.3) is 5.92 Å². The lowest BCUT2D eigenvalue weighted by molar-refractivity contribution is -0.209. The van der Waals surface area contributed by atoms with E-state index in [4.69, 9.17) is 0 Å². The lowest BCUT2D eigenvalue weighted by atomic mass is 9.84. The van der Waals surface area contributed by atoms with Gasteiger partial charge in [-0.1, -0.05) is 0 Å². The molecule has 0 bridgehead atoms. The lowest BCUT2D eigenvalue weighted by Crippen LogP contribution is -2.50. The Labute approximate surface area is 139 Å². The van der Waals surface area contributed by atoms with Gasteiger partial charge in [0.15, 0.2) is 5.60 Å². The van der Waals surface area contributed by atoms with Crippen molar-refractivity contribution in [3.63, 3.8) is 0 Å². The fourth-order valence-electron chi connectivity index (χ4n) is 2.71. The first-order valence-corrected chi connectivity index (χ1v) is 7.41. The number of rotatable bonds is 7. The molecule has 3 rings (SSSR count). The van der Waals surface area contributed by atoms with Crippen LogP contribution in [0, 0.1) is 11.7 Å². The van der Waals surface area contributed by atoms with Crippen molar-refractivity contribution < 1.29 is 31.8 Å². The molecule has 1 aliphatic carbocycles. The second-order valence-electron chi connectivity index (χ2n) is 5.87. The normalized spacial score (nSPS) is 17.6. The average molecular weight is 363 g/mol. The first kappa shape index (κ1) is 17.6. The highest BCUT2D eigenvalue weighted by Crippen LogP contribution is 2.53. The second kappa shape index (κ2) is 6.25. The van der Waals surface area contributed by atoms with Crippen molar-refractivity contribution in [2.75, 3.05) is 0 Å². The third-order valence-corrected chi connectivity index (χ3v) is 4.11. The van der Waals surface area contributed by atoms with E-state index in [2.05, 4.69) is 14.8 Å². The summed E-state index contributed by atoms with van der Waals surface area (Å²) in [4.78, 5) is 3.61. The van der Waals surface area contributed by atoms with Gasteiger partial charge in [0.1, 0.15) is 24.2 Å². The molecule has 0 radical (unpaired) electrons. The quantitative estimate of drug-likeness (QED) is 0.769. The molecule has 0 spiro atoms. The Balaban J connectivity index is 2.02. The summed E-state index contributed by atoms with van der Waals surface area (Å²) in [6, 6.07) is 2.26.